The van der Waals surface area contributed by atoms with Gasteiger partial charge in [0.25, 0.3) is 0 Å². The second-order valence-electron chi connectivity index (χ2n) is 8.07. The van der Waals surface area contributed by atoms with Gasteiger partial charge in [0.05, 0.1) is 45.5 Å². The highest BCUT2D eigenvalue weighted by Crippen LogP contribution is 2.37. The molecule has 0 spiro atoms. The van der Waals surface area contributed by atoms with Crippen molar-refractivity contribution in [3.63, 3.8) is 0 Å². The Bertz CT molecular complexity index is 1210. The number of carboxylic acids is 1. The maximum absolute atomic E-state index is 12.3. The minimum absolute atomic E-state index is 0.233. The van der Waals surface area contributed by atoms with Crippen LogP contribution in [0, 0.1) is 13.8 Å². The molecular formula is C23H25N3O4S. The highest BCUT2D eigenvalue weighted by molar-refractivity contribution is 7.21. The molecule has 3 heterocycles. The van der Waals surface area contributed by atoms with Crippen molar-refractivity contribution in [3.05, 3.63) is 40.2 Å². The minimum Gasteiger partial charge on any atom is -0.544 e. The van der Waals surface area contributed by atoms with E-state index in [0.29, 0.717) is 49.8 Å². The molecule has 3 aliphatic heterocycles. The zero-order valence-corrected chi connectivity index (χ0v) is 18.6. The SMILES string of the molecule is Cc1cc(=[N+]2CCOCC2)c(C(=O)[O-])c2sc3cc(N4CCOCC4)cc(C)c3nc1-2. The van der Waals surface area contributed by atoms with Crippen LogP contribution in [0.4, 0.5) is 5.69 Å². The average Bonchev–Trinajstić information content (AvgIpc) is 2.79. The van der Waals surface area contributed by atoms with E-state index in [2.05, 4.69) is 28.5 Å². The number of morpholine rings is 2. The van der Waals surface area contributed by atoms with Gasteiger partial charge in [-0.2, -0.15) is 0 Å². The molecule has 0 amide bonds. The summed E-state index contributed by atoms with van der Waals surface area (Å²) in [5.41, 5.74) is 5.06. The molecule has 0 N–H and O–H groups in total. The summed E-state index contributed by atoms with van der Waals surface area (Å²) < 4.78 is 14.0. The molecule has 0 aromatic heterocycles. The van der Waals surface area contributed by atoms with Crippen LogP contribution in [0.1, 0.15) is 21.5 Å². The van der Waals surface area contributed by atoms with E-state index in [1.807, 2.05) is 13.0 Å². The third-order valence-corrected chi connectivity index (χ3v) is 7.18. The second kappa shape index (κ2) is 8.18. The predicted octanol–water partition coefficient (Wildman–Crippen LogP) is 1.02. The number of hydrogen-bond donors (Lipinski definition) is 0. The Hall–Kier alpha value is -2.55. The van der Waals surface area contributed by atoms with Gasteiger partial charge in [-0.1, -0.05) is 0 Å². The monoisotopic (exact) mass is 439 g/mol. The quantitative estimate of drug-likeness (QED) is 0.438. The van der Waals surface area contributed by atoms with Crippen LogP contribution in [0.25, 0.3) is 20.8 Å². The molecule has 5 rings (SSSR count). The van der Waals surface area contributed by atoms with Gasteiger partial charge >= 0.3 is 0 Å². The van der Waals surface area contributed by atoms with Crippen molar-refractivity contribution >= 4 is 33.2 Å². The molecule has 8 heteroatoms. The van der Waals surface area contributed by atoms with Crippen LogP contribution in [0.2, 0.25) is 0 Å². The van der Waals surface area contributed by atoms with Gasteiger partial charge in [-0.15, -0.1) is 11.3 Å². The van der Waals surface area contributed by atoms with Crippen LogP contribution in [0.3, 0.4) is 0 Å². The number of benzene rings is 2. The number of nitrogens with zero attached hydrogens (tertiary/aromatic N) is 3. The lowest BCUT2D eigenvalue weighted by molar-refractivity contribution is -0.255. The van der Waals surface area contributed by atoms with Crippen molar-refractivity contribution in [1.29, 1.82) is 0 Å². The number of carboxylic acid groups (broad SMARTS) is 1. The highest BCUT2D eigenvalue weighted by Gasteiger charge is 2.24. The summed E-state index contributed by atoms with van der Waals surface area (Å²) in [6, 6.07) is 6.22. The molecule has 2 saturated heterocycles. The van der Waals surface area contributed by atoms with Crippen LogP contribution in [-0.2, 0) is 9.47 Å². The Kier molecular flexibility index (Phi) is 5.37. The van der Waals surface area contributed by atoms with Crippen molar-refractivity contribution in [1.82, 2.24) is 9.56 Å². The van der Waals surface area contributed by atoms with Crippen molar-refractivity contribution in [3.8, 4) is 10.6 Å². The van der Waals surface area contributed by atoms with Gasteiger partial charge < -0.3 is 24.3 Å². The molecule has 1 aromatic carbocycles. The number of hydrogen-bond acceptors (Lipinski definition) is 7. The molecule has 1 aromatic rings. The smallest absolute Gasteiger partial charge is 0.211 e. The Morgan fingerprint density at radius 1 is 1.06 bits per heavy atom. The van der Waals surface area contributed by atoms with Gasteiger partial charge in [-0.05, 0) is 37.1 Å². The van der Waals surface area contributed by atoms with E-state index >= 15 is 0 Å². The Balaban J connectivity index is 1.79. The first-order valence-electron chi connectivity index (χ1n) is 10.6. The molecule has 0 atom stereocenters. The number of carbonyl (C=O) groups excluding carboxylic acids is 1. The summed E-state index contributed by atoms with van der Waals surface area (Å²) in [6.07, 6.45) is 0. The lowest BCUT2D eigenvalue weighted by Gasteiger charge is -2.29. The van der Waals surface area contributed by atoms with Gasteiger partial charge in [0.2, 0.25) is 5.36 Å². The highest BCUT2D eigenvalue weighted by atomic mass is 32.1. The average molecular weight is 440 g/mol. The fourth-order valence-electron chi connectivity index (χ4n) is 4.42. The first-order valence-corrected chi connectivity index (χ1v) is 11.4. The lowest BCUT2D eigenvalue weighted by atomic mass is 10.0. The number of carbonyl (C=O) groups is 1. The molecule has 1 aliphatic carbocycles. The molecule has 0 bridgehead atoms. The number of anilines is 1. The van der Waals surface area contributed by atoms with Crippen molar-refractivity contribution < 1.29 is 19.4 Å². The van der Waals surface area contributed by atoms with E-state index in [4.69, 9.17) is 14.5 Å². The topological polar surface area (TPSA) is 77.7 Å². The molecule has 162 valence electrons. The number of fused-ring (bicyclic) bond motifs is 2. The molecule has 31 heavy (non-hydrogen) atoms. The summed E-state index contributed by atoms with van der Waals surface area (Å²) in [7, 11) is 0. The van der Waals surface area contributed by atoms with Crippen LogP contribution in [-0.4, -0.2) is 63.6 Å². The number of ether oxygens (including phenoxy) is 2. The normalized spacial score (nSPS) is 17.5. The fourth-order valence-corrected chi connectivity index (χ4v) is 5.72. The van der Waals surface area contributed by atoms with Crippen LogP contribution < -0.4 is 19.9 Å². The number of aromatic carboxylic acids is 1. The van der Waals surface area contributed by atoms with E-state index in [9.17, 15) is 9.90 Å². The molecule has 0 unspecified atom stereocenters. The van der Waals surface area contributed by atoms with Gasteiger partial charge in [0.15, 0.2) is 13.1 Å². The van der Waals surface area contributed by atoms with Gasteiger partial charge in [-0.25, -0.2) is 9.56 Å². The maximum atomic E-state index is 12.3. The third kappa shape index (κ3) is 3.69. The van der Waals surface area contributed by atoms with Gasteiger partial charge in [-0.3, -0.25) is 0 Å². The van der Waals surface area contributed by atoms with Crippen LogP contribution in [0.5, 0.6) is 0 Å². The van der Waals surface area contributed by atoms with E-state index in [0.717, 1.165) is 45.8 Å². The molecular weight excluding hydrogens is 414 g/mol. The standard InChI is InChI=1S/C23H25N3O4S/c1-14-11-16(25-3-7-29-8-4-25)13-18-20(14)24-21-15(2)12-17(26-5-9-30-10-6-26)19(23(27)28)22(21)31-18/h11-13H,3-10H2,1-2H3. The summed E-state index contributed by atoms with van der Waals surface area (Å²) in [5, 5.41) is 13.0. The lowest BCUT2D eigenvalue weighted by Crippen LogP contribution is -2.44. The summed E-state index contributed by atoms with van der Waals surface area (Å²) in [5.74, 6) is -1.16. The molecule has 0 radical (unpaired) electrons. The summed E-state index contributed by atoms with van der Waals surface area (Å²) in [6.45, 7) is 9.69. The maximum Gasteiger partial charge on any atom is 0.211 e. The van der Waals surface area contributed by atoms with Crippen LogP contribution >= 0.6 is 11.3 Å². The van der Waals surface area contributed by atoms with Crippen LogP contribution in [0.15, 0.2) is 18.2 Å². The minimum atomic E-state index is -1.16. The Morgan fingerprint density at radius 2 is 1.77 bits per heavy atom. The zero-order valence-electron chi connectivity index (χ0n) is 17.8. The fraction of sp³-hybridized carbons (Fsp3) is 0.435. The summed E-state index contributed by atoms with van der Waals surface area (Å²) in [4.78, 5) is 20.2. The molecule has 0 saturated carbocycles. The van der Waals surface area contributed by atoms with E-state index < -0.39 is 5.97 Å². The van der Waals surface area contributed by atoms with E-state index in [1.165, 1.54) is 11.3 Å². The molecule has 7 nitrogen and oxygen atoms in total. The van der Waals surface area contributed by atoms with E-state index in [-0.39, 0.29) is 5.56 Å². The second-order valence-corrected chi connectivity index (χ2v) is 9.13. The van der Waals surface area contributed by atoms with Crippen molar-refractivity contribution in [2.24, 2.45) is 0 Å². The first kappa shape index (κ1) is 20.4. The van der Waals surface area contributed by atoms with Gasteiger partial charge in [0.1, 0.15) is 13.2 Å². The summed E-state index contributed by atoms with van der Waals surface area (Å²) >= 11 is 1.49. The first-order chi connectivity index (χ1) is 15.0. The number of rotatable bonds is 2. The van der Waals surface area contributed by atoms with E-state index in [1.54, 1.807) is 0 Å². The Morgan fingerprint density at radius 3 is 2.48 bits per heavy atom. The Labute approximate surface area is 184 Å². The zero-order chi connectivity index (χ0) is 21.5. The van der Waals surface area contributed by atoms with Crippen molar-refractivity contribution in [2.75, 3.05) is 57.5 Å². The van der Waals surface area contributed by atoms with Crippen molar-refractivity contribution in [2.45, 2.75) is 13.8 Å². The number of aryl methyl sites for hydroxylation is 2. The van der Waals surface area contributed by atoms with Gasteiger partial charge in [0, 0.05) is 24.8 Å². The number of aromatic nitrogens is 1. The predicted molar refractivity (Wildman–Crippen MR) is 119 cm³/mol. The third-order valence-electron chi connectivity index (χ3n) is 6.04. The largest absolute Gasteiger partial charge is 0.544 e. The molecule has 4 aliphatic rings. The molecule has 2 fully saturated rings.